The Hall–Kier alpha value is -1.84. The molecule has 0 saturated carbocycles. The van der Waals surface area contributed by atoms with Gasteiger partial charge in [0.25, 0.3) is 0 Å². The molecule has 2 rings (SSSR count). The lowest BCUT2D eigenvalue weighted by Gasteiger charge is -2.10. The third-order valence-electron chi connectivity index (χ3n) is 2.98. The summed E-state index contributed by atoms with van der Waals surface area (Å²) in [6.45, 7) is 3.14. The molecule has 1 heterocycles. The first kappa shape index (κ1) is 15.5. The fourth-order valence-corrected chi connectivity index (χ4v) is 2.69. The molecule has 1 aromatic carbocycles. The molecule has 110 valence electrons. The zero-order valence-electron chi connectivity index (χ0n) is 12.2. The molecule has 0 saturated heterocycles. The van der Waals surface area contributed by atoms with Crippen molar-refractivity contribution in [2.75, 3.05) is 13.7 Å². The van der Waals surface area contributed by atoms with Crippen molar-refractivity contribution in [1.29, 1.82) is 5.26 Å². The minimum Gasteiger partial charge on any atom is -0.383 e. The Morgan fingerprint density at radius 1 is 1.33 bits per heavy atom. The third-order valence-corrected chi connectivity index (χ3v) is 3.95. The molecule has 0 fully saturated rings. The molecule has 1 atom stereocenters. The number of hydrogen-bond donors (Lipinski definition) is 0. The summed E-state index contributed by atoms with van der Waals surface area (Å²) in [5, 5.41) is 18.1. The lowest BCUT2D eigenvalue weighted by molar-refractivity contribution is 0.184. The van der Waals surface area contributed by atoms with Gasteiger partial charge in [0.1, 0.15) is 5.82 Å². The Balaban J connectivity index is 2.21. The topological polar surface area (TPSA) is 63.7 Å². The summed E-state index contributed by atoms with van der Waals surface area (Å²) < 4.78 is 7.19. The number of aromatic nitrogens is 3. The zero-order valence-corrected chi connectivity index (χ0v) is 13.0. The van der Waals surface area contributed by atoms with E-state index in [1.165, 1.54) is 17.3 Å². The summed E-state index contributed by atoms with van der Waals surface area (Å²) in [6.07, 6.45) is 0.721. The molecule has 0 amide bonds. The predicted molar refractivity (Wildman–Crippen MR) is 82.1 cm³/mol. The Bertz CT molecular complexity index is 606. The Labute approximate surface area is 128 Å². The standard InChI is InChI=1S/C15H18N4OS/c1-12(11-16)21-15-18-17-14(19(15)8-9-20-2)10-13-6-4-3-5-7-13/h3-7,12H,8-10H2,1-2H3. The van der Waals surface area contributed by atoms with Crippen molar-refractivity contribution < 1.29 is 4.74 Å². The fraction of sp³-hybridized carbons (Fsp3) is 0.400. The second-order valence-corrected chi connectivity index (χ2v) is 5.90. The third kappa shape index (κ3) is 4.31. The van der Waals surface area contributed by atoms with Gasteiger partial charge in [-0.05, 0) is 12.5 Å². The summed E-state index contributed by atoms with van der Waals surface area (Å²) in [5.41, 5.74) is 1.19. The van der Waals surface area contributed by atoms with Crippen LogP contribution in [0.4, 0.5) is 0 Å². The molecule has 0 radical (unpaired) electrons. The smallest absolute Gasteiger partial charge is 0.192 e. The number of hydrogen-bond acceptors (Lipinski definition) is 5. The first-order valence-corrected chi connectivity index (χ1v) is 7.63. The Morgan fingerprint density at radius 2 is 2.10 bits per heavy atom. The van der Waals surface area contributed by atoms with Crippen molar-refractivity contribution in [1.82, 2.24) is 14.8 Å². The van der Waals surface area contributed by atoms with Crippen LogP contribution in [0.1, 0.15) is 18.3 Å². The van der Waals surface area contributed by atoms with E-state index in [1.807, 2.05) is 29.7 Å². The van der Waals surface area contributed by atoms with Crippen LogP contribution >= 0.6 is 11.8 Å². The van der Waals surface area contributed by atoms with E-state index in [1.54, 1.807) is 7.11 Å². The van der Waals surface area contributed by atoms with Crippen molar-refractivity contribution in [3.63, 3.8) is 0 Å². The molecule has 1 aromatic heterocycles. The molecule has 0 spiro atoms. The van der Waals surface area contributed by atoms with E-state index in [9.17, 15) is 0 Å². The van der Waals surface area contributed by atoms with Gasteiger partial charge in [-0.1, -0.05) is 42.1 Å². The number of rotatable bonds is 7. The van der Waals surface area contributed by atoms with E-state index < -0.39 is 0 Å². The van der Waals surface area contributed by atoms with Crippen LogP contribution in [0.2, 0.25) is 0 Å². The van der Waals surface area contributed by atoms with Gasteiger partial charge in [-0.25, -0.2) is 0 Å². The van der Waals surface area contributed by atoms with E-state index in [0.717, 1.165) is 17.4 Å². The van der Waals surface area contributed by atoms with Crippen LogP contribution in [0.5, 0.6) is 0 Å². The van der Waals surface area contributed by atoms with Crippen molar-refractivity contribution in [3.05, 3.63) is 41.7 Å². The Kier molecular flexibility index (Phi) is 5.78. The van der Waals surface area contributed by atoms with Crippen LogP contribution in [0, 0.1) is 11.3 Å². The average Bonchev–Trinajstić information content (AvgIpc) is 2.87. The summed E-state index contributed by atoms with van der Waals surface area (Å²) >= 11 is 1.42. The molecule has 1 unspecified atom stereocenters. The number of nitriles is 1. The van der Waals surface area contributed by atoms with E-state index in [-0.39, 0.29) is 5.25 Å². The minimum atomic E-state index is -0.153. The molecule has 0 aliphatic carbocycles. The highest BCUT2D eigenvalue weighted by molar-refractivity contribution is 8.00. The van der Waals surface area contributed by atoms with Gasteiger partial charge in [0.15, 0.2) is 5.16 Å². The van der Waals surface area contributed by atoms with E-state index >= 15 is 0 Å². The molecule has 2 aromatic rings. The molecule has 21 heavy (non-hydrogen) atoms. The number of ether oxygens (including phenoxy) is 1. The monoisotopic (exact) mass is 302 g/mol. The maximum Gasteiger partial charge on any atom is 0.192 e. The van der Waals surface area contributed by atoms with Crippen LogP contribution in [0.3, 0.4) is 0 Å². The average molecular weight is 302 g/mol. The van der Waals surface area contributed by atoms with Crippen molar-refractivity contribution in [3.8, 4) is 6.07 Å². The van der Waals surface area contributed by atoms with Gasteiger partial charge in [-0.3, -0.25) is 0 Å². The molecule has 0 bridgehead atoms. The highest BCUT2D eigenvalue weighted by Crippen LogP contribution is 2.22. The zero-order chi connectivity index (χ0) is 15.1. The van der Waals surface area contributed by atoms with Gasteiger partial charge in [0.2, 0.25) is 0 Å². The number of benzene rings is 1. The quantitative estimate of drug-likeness (QED) is 0.735. The number of methoxy groups -OCH3 is 1. The summed E-state index contributed by atoms with van der Waals surface area (Å²) in [5.74, 6) is 0.894. The highest BCUT2D eigenvalue weighted by Gasteiger charge is 2.15. The normalized spacial score (nSPS) is 12.0. The number of nitrogens with zero attached hydrogens (tertiary/aromatic N) is 4. The largest absolute Gasteiger partial charge is 0.383 e. The lowest BCUT2D eigenvalue weighted by atomic mass is 10.1. The van der Waals surface area contributed by atoms with Crippen LogP contribution in [-0.2, 0) is 17.7 Å². The maximum atomic E-state index is 8.95. The minimum absolute atomic E-state index is 0.153. The van der Waals surface area contributed by atoms with Crippen LogP contribution < -0.4 is 0 Å². The highest BCUT2D eigenvalue weighted by atomic mass is 32.2. The van der Waals surface area contributed by atoms with Gasteiger partial charge in [-0.15, -0.1) is 10.2 Å². The number of thioether (sulfide) groups is 1. The lowest BCUT2D eigenvalue weighted by Crippen LogP contribution is -2.11. The van der Waals surface area contributed by atoms with Gasteiger partial charge < -0.3 is 9.30 Å². The van der Waals surface area contributed by atoms with Crippen LogP contribution in [0.25, 0.3) is 0 Å². The first-order valence-electron chi connectivity index (χ1n) is 6.75. The van der Waals surface area contributed by atoms with E-state index in [0.29, 0.717) is 13.2 Å². The molecule has 0 aliphatic rings. The van der Waals surface area contributed by atoms with Crippen molar-refractivity contribution in [2.45, 2.75) is 30.3 Å². The molecular formula is C15H18N4OS. The van der Waals surface area contributed by atoms with E-state index in [2.05, 4.69) is 28.4 Å². The van der Waals surface area contributed by atoms with Gasteiger partial charge >= 0.3 is 0 Å². The summed E-state index contributed by atoms with van der Waals surface area (Å²) in [4.78, 5) is 0. The van der Waals surface area contributed by atoms with Crippen molar-refractivity contribution >= 4 is 11.8 Å². The van der Waals surface area contributed by atoms with Gasteiger partial charge in [-0.2, -0.15) is 5.26 Å². The van der Waals surface area contributed by atoms with Gasteiger partial charge in [0.05, 0.1) is 17.9 Å². The van der Waals surface area contributed by atoms with Crippen LogP contribution in [0.15, 0.2) is 35.5 Å². The summed E-state index contributed by atoms with van der Waals surface area (Å²) in [6, 6.07) is 12.4. The fourth-order valence-electron chi connectivity index (χ4n) is 1.91. The second-order valence-electron chi connectivity index (χ2n) is 4.59. The predicted octanol–water partition coefficient (Wildman–Crippen LogP) is 2.52. The SMILES string of the molecule is COCCn1c(Cc2ccccc2)nnc1SC(C)C#N. The molecule has 0 N–H and O–H groups in total. The second kappa shape index (κ2) is 7.81. The molecule has 0 aliphatic heterocycles. The maximum absolute atomic E-state index is 8.95. The van der Waals surface area contributed by atoms with E-state index in [4.69, 9.17) is 10.00 Å². The molecule has 5 nitrogen and oxygen atoms in total. The van der Waals surface area contributed by atoms with Gasteiger partial charge in [0, 0.05) is 20.1 Å². The molecule has 6 heteroatoms. The van der Waals surface area contributed by atoms with Crippen LogP contribution in [-0.4, -0.2) is 33.7 Å². The molecular weight excluding hydrogens is 284 g/mol. The van der Waals surface area contributed by atoms with Crippen molar-refractivity contribution in [2.24, 2.45) is 0 Å². The first-order chi connectivity index (χ1) is 10.2. The Morgan fingerprint density at radius 3 is 2.76 bits per heavy atom. The summed E-state index contributed by atoms with van der Waals surface area (Å²) in [7, 11) is 1.67.